The van der Waals surface area contributed by atoms with Gasteiger partial charge < -0.3 is 40.3 Å². The number of amides is 4. The van der Waals surface area contributed by atoms with Crippen LogP contribution in [0, 0.1) is 23.7 Å². The van der Waals surface area contributed by atoms with Crippen LogP contribution in [0.2, 0.25) is 0 Å². The summed E-state index contributed by atoms with van der Waals surface area (Å²) in [6.45, 7) is 13.9. The fourth-order valence-corrected chi connectivity index (χ4v) is 7.40. The lowest BCUT2D eigenvalue weighted by atomic mass is 9.89. The number of hydrogen-bond donors (Lipinski definition) is 4. The van der Waals surface area contributed by atoms with E-state index in [-0.39, 0.29) is 48.3 Å². The molecule has 4 amide bonds. The van der Waals surface area contributed by atoms with Gasteiger partial charge in [0, 0.05) is 34.2 Å². The normalized spacial score (nSPS) is 19.2. The van der Waals surface area contributed by atoms with Crippen molar-refractivity contribution in [1.82, 2.24) is 25.8 Å². The van der Waals surface area contributed by atoms with Crippen LogP contribution in [0.1, 0.15) is 79.7 Å². The Morgan fingerprint density at radius 1 is 0.923 bits per heavy atom. The zero-order chi connectivity index (χ0) is 39.3. The topological polar surface area (TPSA) is 167 Å². The minimum Gasteiger partial charge on any atom is -0.480 e. The van der Waals surface area contributed by atoms with Gasteiger partial charge in [0.15, 0.2) is 0 Å². The van der Waals surface area contributed by atoms with Crippen LogP contribution in [-0.4, -0.2) is 122 Å². The maximum absolute atomic E-state index is 14.1. The molecule has 1 aliphatic rings. The fourth-order valence-electron chi connectivity index (χ4n) is 7.40. The molecule has 0 spiro atoms. The van der Waals surface area contributed by atoms with E-state index in [2.05, 4.69) is 16.0 Å². The van der Waals surface area contributed by atoms with E-state index in [1.165, 1.54) is 14.2 Å². The lowest BCUT2D eigenvalue weighted by Crippen LogP contribution is -2.59. The first-order valence-corrected chi connectivity index (χ1v) is 18.7. The third kappa shape index (κ3) is 11.7. The van der Waals surface area contributed by atoms with Crippen LogP contribution in [0.25, 0.3) is 0 Å². The highest BCUT2D eigenvalue weighted by atomic mass is 16.5. The van der Waals surface area contributed by atoms with Gasteiger partial charge in [-0.05, 0) is 43.2 Å². The maximum atomic E-state index is 14.1. The summed E-state index contributed by atoms with van der Waals surface area (Å²) in [5.41, 5.74) is 0.785. The molecule has 0 radical (unpaired) electrons. The molecule has 1 aliphatic heterocycles. The van der Waals surface area contributed by atoms with Crippen LogP contribution in [0.4, 0.5) is 0 Å². The predicted molar refractivity (Wildman–Crippen MR) is 200 cm³/mol. The van der Waals surface area contributed by atoms with Gasteiger partial charge in [0.05, 0.1) is 42.7 Å². The van der Waals surface area contributed by atoms with Crippen molar-refractivity contribution in [3.05, 3.63) is 35.9 Å². The summed E-state index contributed by atoms with van der Waals surface area (Å²) < 4.78 is 11.8. The molecule has 0 unspecified atom stereocenters. The van der Waals surface area contributed by atoms with Gasteiger partial charge in [0.1, 0.15) is 12.1 Å². The highest BCUT2D eigenvalue weighted by molar-refractivity contribution is 5.90. The van der Waals surface area contributed by atoms with Crippen LogP contribution < -0.4 is 16.0 Å². The predicted octanol–water partition coefficient (Wildman–Crippen LogP) is 3.10. The standard InChI is InChI=1S/C39H65N5O8/c1-12-25(6)34(43(9)38(48)33(24(4)5)42-37(47)32(40-8)23(2)3)30(51-10)22-31(45)44-20-16-19-29(44)35(52-11)26(7)36(46)41-28(39(49)50)21-27-17-14-13-15-18-27/h13-15,17-18,23-26,28-30,32-35,40H,12,16,19-22H2,1-11H3,(H,41,46)(H,42,47)(H,49,50)/t25-,26+,28+,29-,30+,32-,33-,34-,35+/m0/s1. The van der Waals surface area contributed by atoms with Crippen molar-refractivity contribution in [2.24, 2.45) is 23.7 Å². The molecule has 0 saturated carbocycles. The zero-order valence-corrected chi connectivity index (χ0v) is 33.2. The maximum Gasteiger partial charge on any atom is 0.326 e. The Labute approximate surface area is 310 Å². The summed E-state index contributed by atoms with van der Waals surface area (Å²) in [5.74, 6) is -3.27. The summed E-state index contributed by atoms with van der Waals surface area (Å²) in [4.78, 5) is 70.3. The average molecular weight is 732 g/mol. The number of likely N-dealkylation sites (N-methyl/N-ethyl adjacent to an activating group) is 2. The Morgan fingerprint density at radius 3 is 2.04 bits per heavy atom. The molecule has 0 aliphatic carbocycles. The van der Waals surface area contributed by atoms with Crippen molar-refractivity contribution in [2.45, 2.75) is 123 Å². The largest absolute Gasteiger partial charge is 0.480 e. The lowest BCUT2D eigenvalue weighted by molar-refractivity contribution is -0.148. The first kappa shape index (κ1) is 44.6. The van der Waals surface area contributed by atoms with E-state index >= 15 is 0 Å². The van der Waals surface area contributed by atoms with Crippen molar-refractivity contribution < 1.29 is 38.6 Å². The highest BCUT2D eigenvalue weighted by Crippen LogP contribution is 2.29. The van der Waals surface area contributed by atoms with Crippen molar-refractivity contribution in [3.63, 3.8) is 0 Å². The molecule has 1 heterocycles. The highest BCUT2D eigenvalue weighted by Gasteiger charge is 2.43. The second-order valence-corrected chi connectivity index (χ2v) is 14.9. The molecule has 13 nitrogen and oxygen atoms in total. The molecular formula is C39H65N5O8. The third-order valence-electron chi connectivity index (χ3n) is 10.6. The van der Waals surface area contributed by atoms with Gasteiger partial charge in [-0.3, -0.25) is 19.2 Å². The SMILES string of the molecule is CC[C@H](C)[C@@H]([C@@H](CC(=O)N1CCC[C@H]1[C@H](OC)[C@@H](C)C(=O)N[C@H](Cc1ccccc1)C(=O)O)OC)N(C)C(=O)[C@@H](NC(=O)[C@@H](NC)C(C)C)C(C)C. The van der Waals surface area contributed by atoms with Gasteiger partial charge in [0.25, 0.3) is 0 Å². The fraction of sp³-hybridized carbons (Fsp3) is 0.718. The summed E-state index contributed by atoms with van der Waals surface area (Å²) in [6.07, 6.45) is 0.818. The van der Waals surface area contributed by atoms with E-state index in [1.807, 2.05) is 71.9 Å². The van der Waals surface area contributed by atoms with E-state index in [0.29, 0.717) is 19.4 Å². The number of methoxy groups -OCH3 is 2. The Hall–Kier alpha value is -3.55. The molecule has 52 heavy (non-hydrogen) atoms. The number of nitrogens with zero attached hydrogens (tertiary/aromatic N) is 2. The number of carbonyl (C=O) groups excluding carboxylic acids is 4. The van der Waals surface area contributed by atoms with Gasteiger partial charge in [-0.15, -0.1) is 0 Å². The molecule has 0 aromatic heterocycles. The molecule has 13 heteroatoms. The second kappa shape index (κ2) is 21.2. The number of likely N-dealkylation sites (tertiary alicyclic amines) is 1. The summed E-state index contributed by atoms with van der Waals surface area (Å²) in [5, 5.41) is 18.5. The number of carboxylic acids is 1. The van der Waals surface area contributed by atoms with Crippen LogP contribution in [0.5, 0.6) is 0 Å². The molecule has 294 valence electrons. The summed E-state index contributed by atoms with van der Waals surface area (Å²) in [7, 11) is 6.46. The molecular weight excluding hydrogens is 666 g/mol. The number of benzene rings is 1. The van der Waals surface area contributed by atoms with Gasteiger partial charge >= 0.3 is 5.97 Å². The molecule has 1 fully saturated rings. The Balaban J connectivity index is 2.26. The molecule has 1 saturated heterocycles. The van der Waals surface area contributed by atoms with Crippen LogP contribution in [0.3, 0.4) is 0 Å². The number of aliphatic carboxylic acids is 1. The van der Waals surface area contributed by atoms with Crippen LogP contribution in [0.15, 0.2) is 30.3 Å². The smallest absolute Gasteiger partial charge is 0.326 e. The van der Waals surface area contributed by atoms with Gasteiger partial charge in [-0.2, -0.15) is 0 Å². The molecule has 1 aromatic carbocycles. The van der Waals surface area contributed by atoms with E-state index in [9.17, 15) is 29.1 Å². The number of ether oxygens (including phenoxy) is 2. The molecule has 9 atom stereocenters. The minimum absolute atomic E-state index is 0.0112. The third-order valence-corrected chi connectivity index (χ3v) is 10.6. The number of nitrogens with one attached hydrogen (secondary N) is 3. The average Bonchev–Trinajstić information content (AvgIpc) is 3.59. The Bertz CT molecular complexity index is 1310. The molecule has 4 N–H and O–H groups in total. The number of hydrogen-bond acceptors (Lipinski definition) is 8. The van der Waals surface area contributed by atoms with Crippen molar-refractivity contribution in [1.29, 1.82) is 0 Å². The summed E-state index contributed by atoms with van der Waals surface area (Å²) in [6, 6.07) is 5.84. The number of carbonyl (C=O) groups is 5. The van der Waals surface area contributed by atoms with Crippen LogP contribution in [-0.2, 0) is 39.9 Å². The van der Waals surface area contributed by atoms with Crippen LogP contribution >= 0.6 is 0 Å². The first-order chi connectivity index (χ1) is 24.5. The van der Waals surface area contributed by atoms with E-state index in [0.717, 1.165) is 12.0 Å². The number of carboxylic acid groups (broad SMARTS) is 1. The Morgan fingerprint density at radius 2 is 1.54 bits per heavy atom. The van der Waals surface area contributed by atoms with Crippen molar-refractivity contribution >= 4 is 29.6 Å². The molecule has 0 bridgehead atoms. The van der Waals surface area contributed by atoms with Gasteiger partial charge in [0.2, 0.25) is 23.6 Å². The van der Waals surface area contributed by atoms with Gasteiger partial charge in [-0.1, -0.05) is 85.2 Å². The van der Waals surface area contributed by atoms with E-state index < -0.39 is 60.2 Å². The summed E-state index contributed by atoms with van der Waals surface area (Å²) >= 11 is 0. The monoisotopic (exact) mass is 731 g/mol. The molecule has 1 aromatic rings. The number of rotatable bonds is 21. The van der Waals surface area contributed by atoms with Gasteiger partial charge in [-0.25, -0.2) is 4.79 Å². The minimum atomic E-state index is -1.14. The van der Waals surface area contributed by atoms with Crippen molar-refractivity contribution in [2.75, 3.05) is 34.9 Å². The lowest BCUT2D eigenvalue weighted by Gasteiger charge is -2.41. The van der Waals surface area contributed by atoms with E-state index in [4.69, 9.17) is 9.47 Å². The van der Waals surface area contributed by atoms with Crippen molar-refractivity contribution in [3.8, 4) is 0 Å². The quantitative estimate of drug-likeness (QED) is 0.149. The first-order valence-electron chi connectivity index (χ1n) is 18.7. The van der Waals surface area contributed by atoms with E-state index in [1.54, 1.807) is 30.8 Å². The Kier molecular flexibility index (Phi) is 18.2. The second-order valence-electron chi connectivity index (χ2n) is 14.9. The molecule has 2 rings (SSSR count). The zero-order valence-electron chi connectivity index (χ0n) is 33.2.